The van der Waals surface area contributed by atoms with Crippen LogP contribution in [0.3, 0.4) is 0 Å². The van der Waals surface area contributed by atoms with Gasteiger partial charge in [-0.05, 0) is 35.1 Å². The second-order valence-corrected chi connectivity index (χ2v) is 10.1. The zero-order valence-corrected chi connectivity index (χ0v) is 19.7. The van der Waals surface area contributed by atoms with E-state index in [1.54, 1.807) is 11.0 Å². The highest BCUT2D eigenvalue weighted by atomic mass is 32.1. The summed E-state index contributed by atoms with van der Waals surface area (Å²) >= 11 is 1.34. The Bertz CT molecular complexity index is 949. The van der Waals surface area contributed by atoms with Crippen molar-refractivity contribution < 1.29 is 14.4 Å². The molecule has 2 heterocycles. The van der Waals surface area contributed by atoms with E-state index in [1.807, 2.05) is 55.3 Å². The molecule has 6 nitrogen and oxygen atoms in total. The highest BCUT2D eigenvalue weighted by molar-refractivity contribution is 7.14. The molecule has 0 atom stereocenters. The molecule has 1 aliphatic rings. The van der Waals surface area contributed by atoms with Gasteiger partial charge >= 0.3 is 0 Å². The van der Waals surface area contributed by atoms with Gasteiger partial charge in [0, 0.05) is 37.2 Å². The molecule has 0 saturated carbocycles. The number of carbonyl (C=O) groups excluding carboxylic acids is 3. The number of rotatable bonds is 4. The number of amides is 3. The van der Waals surface area contributed by atoms with Gasteiger partial charge in [-0.25, -0.2) is 0 Å². The summed E-state index contributed by atoms with van der Waals surface area (Å²) in [6.45, 7) is 12.0. The van der Waals surface area contributed by atoms with Gasteiger partial charge in [0.1, 0.15) is 5.00 Å². The lowest BCUT2D eigenvalue weighted by molar-refractivity contribution is -0.140. The van der Waals surface area contributed by atoms with Crippen molar-refractivity contribution in [2.24, 2.45) is 5.41 Å². The number of nitrogens with one attached hydrogen (secondary N) is 1. The Balaban J connectivity index is 1.64. The molecule has 0 bridgehead atoms. The molecule has 166 valence electrons. The zero-order valence-electron chi connectivity index (χ0n) is 18.9. The van der Waals surface area contributed by atoms with Crippen LogP contribution in [0.5, 0.6) is 0 Å². The number of thiophene rings is 1. The maximum Gasteiger partial charge on any atom is 0.256 e. The molecule has 1 saturated heterocycles. The number of piperazine rings is 1. The van der Waals surface area contributed by atoms with Gasteiger partial charge in [-0.2, -0.15) is 0 Å². The van der Waals surface area contributed by atoms with Gasteiger partial charge in [0.05, 0.1) is 5.56 Å². The van der Waals surface area contributed by atoms with Crippen LogP contribution in [0.1, 0.15) is 66.8 Å². The molecule has 1 aromatic heterocycles. The van der Waals surface area contributed by atoms with Crippen LogP contribution < -0.4 is 5.32 Å². The molecule has 31 heavy (non-hydrogen) atoms. The maximum atomic E-state index is 13.1. The minimum Gasteiger partial charge on any atom is -0.339 e. The summed E-state index contributed by atoms with van der Waals surface area (Å²) in [7, 11) is 0. The molecule has 0 aliphatic carbocycles. The summed E-state index contributed by atoms with van der Waals surface area (Å²) in [5.41, 5.74) is 1.80. The standard InChI is InChI=1S/C24H31N3O3S/c1-16(2)17-6-8-18(9-7-17)20(28)25-21-19(10-15-31-21)22(29)26-11-13-27(14-12-26)23(30)24(3,4)5/h6-10,15-16H,11-14H2,1-5H3,(H,25,28). The molecule has 0 spiro atoms. The Hall–Kier alpha value is -2.67. The Labute approximate surface area is 188 Å². The van der Waals surface area contributed by atoms with E-state index in [9.17, 15) is 14.4 Å². The Morgan fingerprint density at radius 1 is 0.935 bits per heavy atom. The third kappa shape index (κ3) is 5.34. The molecule has 1 aliphatic heterocycles. The van der Waals surface area contributed by atoms with Crippen LogP contribution in [-0.4, -0.2) is 53.7 Å². The molecular weight excluding hydrogens is 410 g/mol. The molecule has 3 rings (SSSR count). The zero-order chi connectivity index (χ0) is 22.8. The molecule has 0 radical (unpaired) electrons. The van der Waals surface area contributed by atoms with Crippen molar-refractivity contribution in [1.82, 2.24) is 9.80 Å². The number of hydrogen-bond donors (Lipinski definition) is 1. The third-order valence-electron chi connectivity index (χ3n) is 5.46. The lowest BCUT2D eigenvalue weighted by Crippen LogP contribution is -2.53. The molecule has 1 N–H and O–H groups in total. The normalized spacial score (nSPS) is 14.6. The van der Waals surface area contributed by atoms with Crippen LogP contribution in [0.15, 0.2) is 35.7 Å². The van der Waals surface area contributed by atoms with Gasteiger partial charge in [0.25, 0.3) is 11.8 Å². The number of anilines is 1. The average Bonchev–Trinajstić information content (AvgIpc) is 3.20. The fourth-order valence-corrected chi connectivity index (χ4v) is 4.30. The lowest BCUT2D eigenvalue weighted by Gasteiger charge is -2.37. The van der Waals surface area contributed by atoms with Gasteiger partial charge < -0.3 is 15.1 Å². The first-order valence-corrected chi connectivity index (χ1v) is 11.5. The monoisotopic (exact) mass is 441 g/mol. The van der Waals surface area contributed by atoms with Crippen molar-refractivity contribution in [3.8, 4) is 0 Å². The third-order valence-corrected chi connectivity index (χ3v) is 6.29. The molecule has 1 aromatic carbocycles. The summed E-state index contributed by atoms with van der Waals surface area (Å²) in [6, 6.07) is 9.28. The largest absolute Gasteiger partial charge is 0.339 e. The van der Waals surface area contributed by atoms with E-state index in [2.05, 4.69) is 19.2 Å². The van der Waals surface area contributed by atoms with Gasteiger partial charge in [-0.1, -0.05) is 46.8 Å². The van der Waals surface area contributed by atoms with E-state index in [1.165, 1.54) is 16.9 Å². The fraction of sp³-hybridized carbons (Fsp3) is 0.458. The molecule has 3 amide bonds. The summed E-state index contributed by atoms with van der Waals surface area (Å²) in [5.74, 6) is 0.159. The first-order valence-electron chi connectivity index (χ1n) is 10.7. The minimum absolute atomic E-state index is 0.103. The SMILES string of the molecule is CC(C)c1ccc(C(=O)Nc2sccc2C(=O)N2CCN(C(=O)C(C)(C)C)CC2)cc1. The highest BCUT2D eigenvalue weighted by Crippen LogP contribution is 2.27. The van der Waals surface area contributed by atoms with E-state index in [0.29, 0.717) is 48.2 Å². The van der Waals surface area contributed by atoms with E-state index in [0.717, 1.165) is 0 Å². The van der Waals surface area contributed by atoms with Crippen LogP contribution in [0.4, 0.5) is 5.00 Å². The smallest absolute Gasteiger partial charge is 0.256 e. The van der Waals surface area contributed by atoms with Crippen LogP contribution in [-0.2, 0) is 4.79 Å². The summed E-state index contributed by atoms with van der Waals surface area (Å²) in [6.07, 6.45) is 0. The van der Waals surface area contributed by atoms with Crippen molar-refractivity contribution in [2.45, 2.75) is 40.5 Å². The highest BCUT2D eigenvalue weighted by Gasteiger charge is 2.31. The van der Waals surface area contributed by atoms with Crippen LogP contribution in [0.25, 0.3) is 0 Å². The second-order valence-electron chi connectivity index (χ2n) is 9.23. The molecule has 7 heteroatoms. The van der Waals surface area contributed by atoms with Gasteiger partial charge in [0.15, 0.2) is 0 Å². The van der Waals surface area contributed by atoms with Crippen LogP contribution in [0, 0.1) is 5.41 Å². The fourth-order valence-electron chi connectivity index (χ4n) is 3.53. The minimum atomic E-state index is -0.426. The summed E-state index contributed by atoms with van der Waals surface area (Å²) < 4.78 is 0. The summed E-state index contributed by atoms with van der Waals surface area (Å²) in [4.78, 5) is 41.8. The van der Waals surface area contributed by atoms with Crippen molar-refractivity contribution in [3.63, 3.8) is 0 Å². The molecule has 1 fully saturated rings. The second kappa shape index (κ2) is 9.22. The van der Waals surface area contributed by atoms with Crippen molar-refractivity contribution in [2.75, 3.05) is 31.5 Å². The number of nitrogens with zero attached hydrogens (tertiary/aromatic N) is 2. The number of carbonyl (C=O) groups is 3. The predicted octanol–water partition coefficient (Wildman–Crippen LogP) is 4.45. The van der Waals surface area contributed by atoms with Crippen molar-refractivity contribution >= 4 is 34.1 Å². The Morgan fingerprint density at radius 3 is 2.06 bits per heavy atom. The Morgan fingerprint density at radius 2 is 1.52 bits per heavy atom. The van der Waals surface area contributed by atoms with Crippen molar-refractivity contribution in [3.05, 3.63) is 52.4 Å². The topological polar surface area (TPSA) is 69.7 Å². The van der Waals surface area contributed by atoms with Gasteiger partial charge in [0.2, 0.25) is 5.91 Å². The quantitative estimate of drug-likeness (QED) is 0.762. The molecule has 0 unspecified atom stereocenters. The average molecular weight is 442 g/mol. The van der Waals surface area contributed by atoms with E-state index < -0.39 is 5.41 Å². The first-order chi connectivity index (χ1) is 14.6. The lowest BCUT2D eigenvalue weighted by atomic mass is 9.94. The van der Waals surface area contributed by atoms with Gasteiger partial charge in [-0.3, -0.25) is 14.4 Å². The predicted molar refractivity (Wildman–Crippen MR) is 125 cm³/mol. The summed E-state index contributed by atoms with van der Waals surface area (Å²) in [5, 5.41) is 5.25. The maximum absolute atomic E-state index is 13.1. The number of hydrogen-bond acceptors (Lipinski definition) is 4. The van der Waals surface area contributed by atoms with Crippen molar-refractivity contribution in [1.29, 1.82) is 0 Å². The van der Waals surface area contributed by atoms with Gasteiger partial charge in [-0.15, -0.1) is 11.3 Å². The number of benzene rings is 1. The van der Waals surface area contributed by atoms with E-state index in [-0.39, 0.29) is 17.7 Å². The molecule has 2 aromatic rings. The first kappa shape index (κ1) is 23.0. The Kier molecular flexibility index (Phi) is 6.84. The van der Waals surface area contributed by atoms with E-state index >= 15 is 0 Å². The van der Waals surface area contributed by atoms with Crippen LogP contribution in [0.2, 0.25) is 0 Å². The van der Waals surface area contributed by atoms with E-state index in [4.69, 9.17) is 0 Å². The van der Waals surface area contributed by atoms with Crippen LogP contribution >= 0.6 is 11.3 Å². The molecular formula is C24H31N3O3S.